The molecule has 0 fully saturated rings. The maximum absolute atomic E-state index is 13.0. The Kier molecular flexibility index (Phi) is 5.72. The van der Waals surface area contributed by atoms with E-state index in [-0.39, 0.29) is 0 Å². The van der Waals surface area contributed by atoms with Crippen LogP contribution in [0.1, 0.15) is 17.0 Å². The predicted octanol–water partition coefficient (Wildman–Crippen LogP) is 6.41. The lowest BCUT2D eigenvalue weighted by Crippen LogP contribution is -2.07. The van der Waals surface area contributed by atoms with Crippen LogP contribution in [0.2, 0.25) is 5.02 Å². The summed E-state index contributed by atoms with van der Waals surface area (Å²) in [6, 6.07) is 17.6. The average Bonchev–Trinajstić information content (AvgIpc) is 3.41. The van der Waals surface area contributed by atoms with Gasteiger partial charge in [0.05, 0.1) is 22.6 Å². The number of pyridine rings is 1. The second kappa shape index (κ2) is 8.74. The van der Waals surface area contributed by atoms with Gasteiger partial charge in [-0.15, -0.1) is 0 Å². The van der Waals surface area contributed by atoms with Gasteiger partial charge in [0, 0.05) is 30.9 Å². The average molecular weight is 497 g/mol. The van der Waals surface area contributed by atoms with Crippen molar-refractivity contribution < 1.29 is 13.2 Å². The van der Waals surface area contributed by atoms with Crippen molar-refractivity contribution in [2.24, 2.45) is 7.05 Å². The molecule has 0 atom stereocenters. The van der Waals surface area contributed by atoms with Crippen LogP contribution in [-0.4, -0.2) is 24.3 Å². The molecule has 0 unspecified atom stereocenters. The molecule has 6 nitrogen and oxygen atoms in total. The van der Waals surface area contributed by atoms with Gasteiger partial charge in [0.1, 0.15) is 17.0 Å². The van der Waals surface area contributed by atoms with E-state index in [1.165, 1.54) is 4.68 Å². The van der Waals surface area contributed by atoms with Gasteiger partial charge < -0.3 is 9.88 Å². The smallest absolute Gasteiger partial charge is 0.366 e. The van der Waals surface area contributed by atoms with Crippen LogP contribution in [0.15, 0.2) is 67.0 Å². The number of halogens is 4. The molecule has 2 aromatic carbocycles. The number of alkyl halides is 3. The largest absolute Gasteiger partial charge is 0.435 e. The van der Waals surface area contributed by atoms with Crippen LogP contribution in [-0.2, 0) is 19.8 Å². The first kappa shape index (κ1) is 22.9. The van der Waals surface area contributed by atoms with E-state index in [1.807, 2.05) is 54.1 Å². The third-order valence-electron chi connectivity index (χ3n) is 5.67. The Morgan fingerprint density at radius 3 is 2.46 bits per heavy atom. The maximum Gasteiger partial charge on any atom is 0.435 e. The molecule has 5 rings (SSSR count). The highest BCUT2D eigenvalue weighted by atomic mass is 35.5. The first-order chi connectivity index (χ1) is 16.7. The summed E-state index contributed by atoms with van der Waals surface area (Å²) >= 11 is 6.43. The van der Waals surface area contributed by atoms with Crippen LogP contribution < -0.4 is 5.32 Å². The van der Waals surface area contributed by atoms with Crippen molar-refractivity contribution in [3.05, 3.63) is 89.0 Å². The first-order valence-electron chi connectivity index (χ1n) is 10.7. The van der Waals surface area contributed by atoms with Crippen molar-refractivity contribution in [1.82, 2.24) is 24.3 Å². The summed E-state index contributed by atoms with van der Waals surface area (Å²) in [5.41, 5.74) is 4.11. The molecule has 0 aliphatic heterocycles. The molecule has 0 spiro atoms. The number of anilines is 1. The number of rotatable bonds is 5. The highest BCUT2D eigenvalue weighted by Crippen LogP contribution is 2.33. The summed E-state index contributed by atoms with van der Waals surface area (Å²) in [7, 11) is 1.91. The van der Waals surface area contributed by atoms with Gasteiger partial charge in [0.25, 0.3) is 0 Å². The molecule has 0 bridgehead atoms. The van der Waals surface area contributed by atoms with E-state index in [1.54, 1.807) is 25.4 Å². The number of aryl methyl sites for hydroxylation is 2. The standard InChI is InChI=1S/C25H20ClF3N6/c1-15-11-21(25(27,28)29)33-35(15)17-9-7-16(8-10-17)13-30-22-12-20-24(31-14-34(20)2)23(32-22)18-5-3-4-6-19(18)26/h3-12,14H,13H2,1-2H3,(H,30,32). The Labute approximate surface area is 204 Å². The van der Waals surface area contributed by atoms with Crippen molar-refractivity contribution in [2.75, 3.05) is 5.32 Å². The van der Waals surface area contributed by atoms with Crippen LogP contribution in [0.25, 0.3) is 28.0 Å². The number of nitrogens with zero attached hydrogens (tertiary/aromatic N) is 5. The fraction of sp³-hybridized carbons (Fsp3) is 0.160. The number of aromatic nitrogens is 5. The van der Waals surface area contributed by atoms with Crippen molar-refractivity contribution in [3.8, 4) is 16.9 Å². The number of hydrogen-bond acceptors (Lipinski definition) is 4. The third kappa shape index (κ3) is 4.46. The predicted molar refractivity (Wildman–Crippen MR) is 130 cm³/mol. The zero-order valence-electron chi connectivity index (χ0n) is 18.8. The summed E-state index contributed by atoms with van der Waals surface area (Å²) in [5, 5.41) is 7.61. The van der Waals surface area contributed by atoms with Crippen LogP contribution in [0.5, 0.6) is 0 Å². The summed E-state index contributed by atoms with van der Waals surface area (Å²) in [4.78, 5) is 9.26. The van der Waals surface area contributed by atoms with E-state index in [9.17, 15) is 13.2 Å². The zero-order chi connectivity index (χ0) is 24.7. The highest BCUT2D eigenvalue weighted by molar-refractivity contribution is 6.33. The molecule has 3 heterocycles. The molecular weight excluding hydrogens is 477 g/mol. The highest BCUT2D eigenvalue weighted by Gasteiger charge is 2.34. The summed E-state index contributed by atoms with van der Waals surface area (Å²) < 4.78 is 42.1. The molecular formula is C25H20ClF3N6. The molecule has 10 heteroatoms. The molecule has 0 aliphatic rings. The van der Waals surface area contributed by atoms with Crippen molar-refractivity contribution in [2.45, 2.75) is 19.6 Å². The molecule has 1 N–H and O–H groups in total. The van der Waals surface area contributed by atoms with Gasteiger partial charge in [-0.05, 0) is 36.8 Å². The van der Waals surface area contributed by atoms with Crippen molar-refractivity contribution >= 4 is 28.5 Å². The van der Waals surface area contributed by atoms with Crippen molar-refractivity contribution in [1.29, 1.82) is 0 Å². The Bertz CT molecular complexity index is 1520. The number of benzene rings is 2. The van der Waals surface area contributed by atoms with Gasteiger partial charge in [-0.2, -0.15) is 18.3 Å². The van der Waals surface area contributed by atoms with Gasteiger partial charge in [-0.1, -0.05) is 41.9 Å². The molecule has 0 aliphatic carbocycles. The minimum atomic E-state index is -4.48. The summed E-state index contributed by atoms with van der Waals surface area (Å²) in [5.74, 6) is 0.651. The van der Waals surface area contributed by atoms with E-state index < -0.39 is 11.9 Å². The van der Waals surface area contributed by atoms with E-state index in [0.29, 0.717) is 34.5 Å². The van der Waals surface area contributed by atoms with E-state index >= 15 is 0 Å². The fourth-order valence-electron chi connectivity index (χ4n) is 3.88. The normalized spacial score (nSPS) is 11.8. The van der Waals surface area contributed by atoms with E-state index in [4.69, 9.17) is 16.6 Å². The number of hydrogen-bond donors (Lipinski definition) is 1. The second-order valence-corrected chi connectivity index (χ2v) is 8.57. The van der Waals surface area contributed by atoms with Crippen molar-refractivity contribution in [3.63, 3.8) is 0 Å². The van der Waals surface area contributed by atoms with Gasteiger partial charge in [-0.25, -0.2) is 14.6 Å². The molecule has 0 amide bonds. The molecule has 5 aromatic rings. The third-order valence-corrected chi connectivity index (χ3v) is 6.00. The Morgan fingerprint density at radius 1 is 1.03 bits per heavy atom. The Balaban J connectivity index is 1.40. The SMILES string of the molecule is Cc1cc(C(F)(F)F)nn1-c1ccc(CNc2cc3c(ncn3C)c(-c3ccccc3Cl)n2)cc1. The van der Waals surface area contributed by atoms with Crippen LogP contribution in [0, 0.1) is 6.92 Å². The minimum Gasteiger partial charge on any atom is -0.366 e. The Morgan fingerprint density at radius 2 is 1.77 bits per heavy atom. The minimum absolute atomic E-state index is 0.406. The lowest BCUT2D eigenvalue weighted by Gasteiger charge is -2.11. The number of imidazole rings is 1. The topological polar surface area (TPSA) is 60.6 Å². The monoisotopic (exact) mass is 496 g/mol. The van der Waals surface area contributed by atoms with Gasteiger partial charge in [-0.3, -0.25) is 0 Å². The van der Waals surface area contributed by atoms with Gasteiger partial charge in [0.2, 0.25) is 0 Å². The number of fused-ring (bicyclic) bond motifs is 1. The zero-order valence-corrected chi connectivity index (χ0v) is 19.6. The van der Waals surface area contributed by atoms with E-state index in [0.717, 1.165) is 28.2 Å². The fourth-order valence-corrected chi connectivity index (χ4v) is 4.11. The Hall–Kier alpha value is -3.85. The number of nitrogens with one attached hydrogen (secondary N) is 1. The molecule has 0 radical (unpaired) electrons. The quantitative estimate of drug-likeness (QED) is 0.305. The first-order valence-corrected chi connectivity index (χ1v) is 11.1. The van der Waals surface area contributed by atoms with E-state index in [2.05, 4.69) is 15.4 Å². The summed E-state index contributed by atoms with van der Waals surface area (Å²) in [6.45, 7) is 2.05. The second-order valence-electron chi connectivity index (χ2n) is 8.16. The van der Waals surface area contributed by atoms with Crippen LogP contribution >= 0.6 is 11.6 Å². The molecule has 35 heavy (non-hydrogen) atoms. The lowest BCUT2D eigenvalue weighted by atomic mass is 10.1. The van der Waals surface area contributed by atoms with Gasteiger partial charge >= 0.3 is 6.18 Å². The van der Waals surface area contributed by atoms with Crippen LogP contribution in [0.4, 0.5) is 19.0 Å². The van der Waals surface area contributed by atoms with Crippen LogP contribution in [0.3, 0.4) is 0 Å². The lowest BCUT2D eigenvalue weighted by molar-refractivity contribution is -0.141. The molecule has 178 valence electrons. The summed E-state index contributed by atoms with van der Waals surface area (Å²) in [6.07, 6.45) is -2.75. The van der Waals surface area contributed by atoms with Gasteiger partial charge in [0.15, 0.2) is 5.69 Å². The molecule has 0 saturated carbocycles. The molecule has 3 aromatic heterocycles. The molecule has 0 saturated heterocycles. The maximum atomic E-state index is 13.0.